The average Bonchev–Trinajstić information content (AvgIpc) is 2.51. The molecule has 1 heterocycles. The first-order valence-corrected chi connectivity index (χ1v) is 8.04. The van der Waals surface area contributed by atoms with Crippen LogP contribution in [0.1, 0.15) is 42.9 Å². The van der Waals surface area contributed by atoms with Gasteiger partial charge in [0.15, 0.2) is 0 Å². The Morgan fingerprint density at radius 1 is 1.32 bits per heavy atom. The lowest BCUT2D eigenvalue weighted by molar-refractivity contribution is 0.163. The zero-order valence-electron chi connectivity index (χ0n) is 13.5. The Balaban J connectivity index is 0.00000242. The second-order valence-electron chi connectivity index (χ2n) is 5.88. The molecule has 1 aromatic rings. The fraction of sp³-hybridized carbons (Fsp3) is 0.556. The molecule has 1 saturated heterocycles. The van der Waals surface area contributed by atoms with Crippen molar-refractivity contribution in [3.8, 4) is 0 Å². The van der Waals surface area contributed by atoms with E-state index in [1.165, 1.54) is 18.4 Å². The monoisotopic (exact) mass is 326 g/mol. The molecule has 1 fully saturated rings. The van der Waals surface area contributed by atoms with Gasteiger partial charge in [-0.25, -0.2) is 4.39 Å². The van der Waals surface area contributed by atoms with Crippen molar-refractivity contribution in [3.05, 3.63) is 47.8 Å². The molecule has 1 N–H and O–H groups in total. The van der Waals surface area contributed by atoms with Gasteiger partial charge in [0, 0.05) is 32.2 Å². The quantitative estimate of drug-likeness (QED) is 0.595. The summed E-state index contributed by atoms with van der Waals surface area (Å²) in [6, 6.07) is 6.01. The van der Waals surface area contributed by atoms with E-state index in [9.17, 15) is 4.39 Å². The van der Waals surface area contributed by atoms with Crippen molar-refractivity contribution < 1.29 is 4.39 Å². The van der Waals surface area contributed by atoms with Gasteiger partial charge in [0.05, 0.1) is 0 Å². The molecular formula is C18H28ClFN2. The molecule has 0 aliphatic carbocycles. The number of rotatable bonds is 7. The molecule has 0 aromatic heterocycles. The number of piperazine rings is 1. The molecule has 0 spiro atoms. The van der Waals surface area contributed by atoms with Crippen LogP contribution in [0.3, 0.4) is 0 Å². The van der Waals surface area contributed by atoms with Gasteiger partial charge in [-0.2, -0.15) is 0 Å². The molecule has 22 heavy (non-hydrogen) atoms. The molecule has 2 rings (SSSR count). The van der Waals surface area contributed by atoms with Crippen molar-refractivity contribution in [3.63, 3.8) is 0 Å². The normalized spacial score (nSPS) is 16.8. The number of nitrogens with one attached hydrogen (secondary N) is 1. The molecule has 1 aliphatic rings. The maximum atomic E-state index is 13.5. The van der Waals surface area contributed by atoms with Crippen LogP contribution in [0.5, 0.6) is 0 Å². The summed E-state index contributed by atoms with van der Waals surface area (Å²) in [5.74, 6) is -0.107. The van der Waals surface area contributed by atoms with Crippen molar-refractivity contribution in [1.29, 1.82) is 0 Å². The molecule has 2 nitrogen and oxygen atoms in total. The van der Waals surface area contributed by atoms with E-state index in [2.05, 4.69) is 16.8 Å². The number of unbranched alkanes of at least 4 members (excludes halogenated alkanes) is 2. The van der Waals surface area contributed by atoms with Gasteiger partial charge >= 0.3 is 0 Å². The third-order valence-corrected chi connectivity index (χ3v) is 4.29. The maximum absolute atomic E-state index is 13.5. The summed E-state index contributed by atoms with van der Waals surface area (Å²) in [4.78, 5) is 2.54. The molecule has 0 bridgehead atoms. The smallest absolute Gasteiger partial charge is 0.126 e. The van der Waals surface area contributed by atoms with Crippen LogP contribution >= 0.6 is 12.4 Å². The summed E-state index contributed by atoms with van der Waals surface area (Å²) in [5, 5.41) is 3.40. The van der Waals surface area contributed by atoms with Gasteiger partial charge in [0.1, 0.15) is 5.82 Å². The summed E-state index contributed by atoms with van der Waals surface area (Å²) in [6.45, 7) is 9.87. The Labute approximate surface area is 140 Å². The molecule has 124 valence electrons. The standard InChI is InChI=1S/C18H27FN2.ClH/c1-3-4-5-6-7-18(21-12-10-20-11-13-21)16-8-9-17(19)15(2)14-16;/h3,8-9,14,18,20H,1,4-7,10-13H2,2H3;1H/t18-;/m1./s1. The number of allylic oxidation sites excluding steroid dienone is 1. The lowest BCUT2D eigenvalue weighted by Crippen LogP contribution is -2.45. The van der Waals surface area contributed by atoms with E-state index >= 15 is 0 Å². The molecule has 1 atom stereocenters. The number of benzene rings is 1. The van der Waals surface area contributed by atoms with Crippen LogP contribution in [-0.4, -0.2) is 31.1 Å². The van der Waals surface area contributed by atoms with Gasteiger partial charge < -0.3 is 5.32 Å². The van der Waals surface area contributed by atoms with Crippen LogP contribution in [0.25, 0.3) is 0 Å². The fourth-order valence-corrected chi connectivity index (χ4v) is 3.06. The highest BCUT2D eigenvalue weighted by atomic mass is 35.5. The first kappa shape index (κ1) is 19.1. The lowest BCUT2D eigenvalue weighted by Gasteiger charge is -2.35. The van der Waals surface area contributed by atoms with Crippen molar-refractivity contribution in [2.75, 3.05) is 26.2 Å². The highest BCUT2D eigenvalue weighted by Gasteiger charge is 2.22. The minimum Gasteiger partial charge on any atom is -0.314 e. The highest BCUT2D eigenvalue weighted by Crippen LogP contribution is 2.28. The van der Waals surface area contributed by atoms with E-state index in [0.29, 0.717) is 6.04 Å². The second-order valence-corrected chi connectivity index (χ2v) is 5.88. The zero-order chi connectivity index (χ0) is 15.1. The molecule has 4 heteroatoms. The Morgan fingerprint density at radius 2 is 2.05 bits per heavy atom. The fourth-order valence-electron chi connectivity index (χ4n) is 3.06. The number of hydrogen-bond donors (Lipinski definition) is 1. The van der Waals surface area contributed by atoms with Crippen molar-refractivity contribution in [2.45, 2.75) is 38.6 Å². The second kappa shape index (κ2) is 9.98. The molecule has 0 unspecified atom stereocenters. The molecule has 1 aliphatic heterocycles. The van der Waals surface area contributed by atoms with Gasteiger partial charge in [0.2, 0.25) is 0 Å². The van der Waals surface area contributed by atoms with Crippen molar-refractivity contribution >= 4 is 12.4 Å². The molecule has 0 saturated carbocycles. The Hall–Kier alpha value is -0.900. The van der Waals surface area contributed by atoms with Gasteiger partial charge in [-0.05, 0) is 43.4 Å². The van der Waals surface area contributed by atoms with Crippen LogP contribution in [-0.2, 0) is 0 Å². The Morgan fingerprint density at radius 3 is 2.68 bits per heavy atom. The molecule has 0 amide bonds. The number of halogens is 2. The van der Waals surface area contributed by atoms with E-state index in [1.807, 2.05) is 25.1 Å². The first-order chi connectivity index (χ1) is 10.2. The number of aryl methyl sites for hydroxylation is 1. The summed E-state index contributed by atoms with van der Waals surface area (Å²) < 4.78 is 13.5. The number of hydrogen-bond acceptors (Lipinski definition) is 2. The largest absolute Gasteiger partial charge is 0.314 e. The van der Waals surface area contributed by atoms with E-state index in [0.717, 1.165) is 44.6 Å². The van der Waals surface area contributed by atoms with E-state index in [4.69, 9.17) is 0 Å². The topological polar surface area (TPSA) is 15.3 Å². The molecular weight excluding hydrogens is 299 g/mol. The van der Waals surface area contributed by atoms with E-state index < -0.39 is 0 Å². The minimum absolute atomic E-state index is 0. The zero-order valence-corrected chi connectivity index (χ0v) is 14.3. The van der Waals surface area contributed by atoms with Crippen LogP contribution < -0.4 is 5.32 Å². The van der Waals surface area contributed by atoms with Crippen LogP contribution in [0.4, 0.5) is 4.39 Å². The van der Waals surface area contributed by atoms with Crippen LogP contribution in [0.15, 0.2) is 30.9 Å². The van der Waals surface area contributed by atoms with Gasteiger partial charge in [-0.1, -0.05) is 24.6 Å². The van der Waals surface area contributed by atoms with Crippen molar-refractivity contribution in [2.24, 2.45) is 0 Å². The summed E-state index contributed by atoms with van der Waals surface area (Å²) in [6.07, 6.45) is 6.58. The SMILES string of the molecule is C=CCCCC[C@H](c1ccc(F)c(C)c1)N1CCNCC1.Cl. The summed E-state index contributed by atoms with van der Waals surface area (Å²) in [7, 11) is 0. The predicted molar refractivity (Wildman–Crippen MR) is 94.2 cm³/mol. The van der Waals surface area contributed by atoms with Gasteiger partial charge in [-0.3, -0.25) is 4.90 Å². The average molecular weight is 327 g/mol. The predicted octanol–water partition coefficient (Wildman–Crippen LogP) is 4.25. The lowest BCUT2D eigenvalue weighted by atomic mass is 9.96. The summed E-state index contributed by atoms with van der Waals surface area (Å²) in [5.41, 5.74) is 2.01. The third kappa shape index (κ3) is 5.38. The summed E-state index contributed by atoms with van der Waals surface area (Å²) >= 11 is 0. The Kier molecular flexibility index (Phi) is 8.69. The molecule has 1 aromatic carbocycles. The van der Waals surface area contributed by atoms with E-state index in [1.54, 1.807) is 6.07 Å². The van der Waals surface area contributed by atoms with Gasteiger partial charge in [0.25, 0.3) is 0 Å². The van der Waals surface area contributed by atoms with E-state index in [-0.39, 0.29) is 18.2 Å². The first-order valence-electron chi connectivity index (χ1n) is 8.04. The highest BCUT2D eigenvalue weighted by molar-refractivity contribution is 5.85. The number of nitrogens with zero attached hydrogens (tertiary/aromatic N) is 1. The third-order valence-electron chi connectivity index (χ3n) is 4.29. The van der Waals surface area contributed by atoms with Gasteiger partial charge in [-0.15, -0.1) is 19.0 Å². The molecule has 0 radical (unpaired) electrons. The Bertz CT molecular complexity index is 458. The maximum Gasteiger partial charge on any atom is 0.126 e. The van der Waals surface area contributed by atoms with Crippen molar-refractivity contribution in [1.82, 2.24) is 10.2 Å². The van der Waals surface area contributed by atoms with Crippen LogP contribution in [0, 0.1) is 12.7 Å². The van der Waals surface area contributed by atoms with Crippen LogP contribution in [0.2, 0.25) is 0 Å². The minimum atomic E-state index is -0.107.